The van der Waals surface area contributed by atoms with Crippen LogP contribution in [0.25, 0.3) is 11.1 Å². The minimum Gasteiger partial charge on any atom is -0.408 e. The molecular formula is C13H8Br2ClNO2S. The predicted octanol–water partition coefficient (Wildman–Crippen LogP) is 5.05. The number of aromatic nitrogens is 1. The van der Waals surface area contributed by atoms with Gasteiger partial charge in [0.2, 0.25) is 0 Å². The largest absolute Gasteiger partial charge is 0.419 e. The maximum atomic E-state index is 11.5. The topological polar surface area (TPSA) is 35.1 Å². The molecule has 3 rings (SSSR count). The summed E-state index contributed by atoms with van der Waals surface area (Å²) in [5, 5.41) is -0.304. The van der Waals surface area contributed by atoms with Crippen molar-refractivity contribution in [3.05, 3.63) is 53.5 Å². The van der Waals surface area contributed by atoms with Gasteiger partial charge in [0.1, 0.15) is 0 Å². The van der Waals surface area contributed by atoms with E-state index in [0.29, 0.717) is 5.58 Å². The number of alkyl halides is 1. The van der Waals surface area contributed by atoms with Crippen LogP contribution in [0, 0.1) is 0 Å². The number of thiophene rings is 1. The molecule has 2 aromatic heterocycles. The van der Waals surface area contributed by atoms with Gasteiger partial charge in [-0.3, -0.25) is 4.57 Å². The molecule has 0 aliphatic rings. The molecule has 0 aliphatic heterocycles. The first-order valence-electron chi connectivity index (χ1n) is 5.65. The highest BCUT2D eigenvalue weighted by molar-refractivity contribution is 9.12. The number of rotatable bonds is 2. The van der Waals surface area contributed by atoms with Crippen LogP contribution in [-0.2, 0) is 7.05 Å². The molecule has 0 N–H and O–H groups in total. The van der Waals surface area contributed by atoms with E-state index >= 15 is 0 Å². The quantitative estimate of drug-likeness (QED) is 0.526. The lowest BCUT2D eigenvalue weighted by Gasteiger charge is -2.08. The van der Waals surface area contributed by atoms with Crippen molar-refractivity contribution in [2.45, 2.75) is 5.38 Å². The molecule has 104 valence electrons. The fraction of sp³-hybridized carbons (Fsp3) is 0.154. The molecule has 0 saturated heterocycles. The summed E-state index contributed by atoms with van der Waals surface area (Å²) in [4.78, 5) is 11.5. The lowest BCUT2D eigenvalue weighted by molar-refractivity contribution is 0.528. The molecule has 0 amide bonds. The van der Waals surface area contributed by atoms with Gasteiger partial charge >= 0.3 is 5.76 Å². The molecule has 0 fully saturated rings. The molecule has 7 heteroatoms. The zero-order valence-corrected chi connectivity index (χ0v) is 14.9. The number of halogens is 3. The maximum absolute atomic E-state index is 11.5. The fourth-order valence-electron chi connectivity index (χ4n) is 2.01. The van der Waals surface area contributed by atoms with Gasteiger partial charge in [0.15, 0.2) is 5.58 Å². The Morgan fingerprint density at radius 2 is 2.10 bits per heavy atom. The third-order valence-corrected chi connectivity index (χ3v) is 5.94. The van der Waals surface area contributed by atoms with Gasteiger partial charge in [0.25, 0.3) is 0 Å². The van der Waals surface area contributed by atoms with Crippen molar-refractivity contribution in [3.8, 4) is 0 Å². The van der Waals surface area contributed by atoms with Gasteiger partial charge in [-0.2, -0.15) is 0 Å². The summed E-state index contributed by atoms with van der Waals surface area (Å²) in [6.45, 7) is 0. The Hall–Kier alpha value is -0.560. The normalized spacial score (nSPS) is 13.0. The summed E-state index contributed by atoms with van der Waals surface area (Å²) in [7, 11) is 1.68. The smallest absolute Gasteiger partial charge is 0.408 e. The van der Waals surface area contributed by atoms with Crippen molar-refractivity contribution < 1.29 is 4.42 Å². The predicted molar refractivity (Wildman–Crippen MR) is 88.9 cm³/mol. The minimum absolute atomic E-state index is 0.304. The third kappa shape index (κ3) is 2.39. The molecule has 0 bridgehead atoms. The molecule has 3 nitrogen and oxygen atoms in total. The summed E-state index contributed by atoms with van der Waals surface area (Å²) in [6.07, 6.45) is 0. The molecule has 3 aromatic rings. The van der Waals surface area contributed by atoms with Crippen LogP contribution in [0.5, 0.6) is 0 Å². The van der Waals surface area contributed by atoms with E-state index in [1.807, 2.05) is 24.3 Å². The van der Waals surface area contributed by atoms with Gasteiger partial charge in [-0.1, -0.05) is 6.07 Å². The Morgan fingerprint density at radius 1 is 1.35 bits per heavy atom. The van der Waals surface area contributed by atoms with E-state index in [9.17, 15) is 4.79 Å². The third-order valence-electron chi connectivity index (χ3n) is 3.07. The Bertz CT molecular complexity index is 852. The van der Waals surface area contributed by atoms with E-state index in [-0.39, 0.29) is 11.1 Å². The number of oxazole rings is 1. The molecule has 0 radical (unpaired) electrons. The molecule has 0 spiro atoms. The van der Waals surface area contributed by atoms with Crippen LogP contribution in [-0.4, -0.2) is 4.57 Å². The van der Waals surface area contributed by atoms with Crippen LogP contribution in [0.4, 0.5) is 0 Å². The van der Waals surface area contributed by atoms with E-state index < -0.39 is 0 Å². The van der Waals surface area contributed by atoms with Crippen LogP contribution < -0.4 is 5.76 Å². The van der Waals surface area contributed by atoms with E-state index in [0.717, 1.165) is 24.2 Å². The SMILES string of the molecule is Cn1c(=O)oc2cc(C(Cl)c3cc(Br)sc3Br)ccc21. The monoisotopic (exact) mass is 435 g/mol. The molecular weight excluding hydrogens is 429 g/mol. The van der Waals surface area contributed by atoms with Crippen molar-refractivity contribution in [1.29, 1.82) is 0 Å². The fourth-order valence-corrected chi connectivity index (χ4v) is 5.42. The minimum atomic E-state index is -0.372. The first kappa shape index (κ1) is 14.4. The van der Waals surface area contributed by atoms with Gasteiger partial charge in [-0.05, 0) is 55.6 Å². The first-order valence-corrected chi connectivity index (χ1v) is 8.49. The van der Waals surface area contributed by atoms with E-state index in [4.69, 9.17) is 16.0 Å². The standard InChI is InChI=1S/C13H8Br2ClNO2S/c1-17-8-3-2-6(4-9(8)19-13(17)18)11(16)7-5-10(14)20-12(7)15/h2-5,11H,1H3. The number of aryl methyl sites for hydroxylation is 1. The van der Waals surface area contributed by atoms with E-state index in [2.05, 4.69) is 31.9 Å². The molecule has 0 saturated carbocycles. The molecule has 2 heterocycles. The highest BCUT2D eigenvalue weighted by Crippen LogP contribution is 2.41. The van der Waals surface area contributed by atoms with Crippen molar-refractivity contribution in [3.63, 3.8) is 0 Å². The number of hydrogen-bond donors (Lipinski definition) is 0. The lowest BCUT2D eigenvalue weighted by atomic mass is 10.1. The van der Waals surface area contributed by atoms with Crippen molar-refractivity contribution in [1.82, 2.24) is 4.57 Å². The highest BCUT2D eigenvalue weighted by Gasteiger charge is 2.18. The molecule has 1 atom stereocenters. The first-order chi connectivity index (χ1) is 9.47. The summed E-state index contributed by atoms with van der Waals surface area (Å²) in [6, 6.07) is 7.55. The number of hydrogen-bond acceptors (Lipinski definition) is 3. The van der Waals surface area contributed by atoms with Crippen LogP contribution in [0.15, 0.2) is 41.0 Å². The van der Waals surface area contributed by atoms with Gasteiger partial charge in [-0.15, -0.1) is 22.9 Å². The Labute approximate surface area is 140 Å². The zero-order chi connectivity index (χ0) is 14.4. The lowest BCUT2D eigenvalue weighted by Crippen LogP contribution is -2.08. The van der Waals surface area contributed by atoms with Crippen LogP contribution in [0.1, 0.15) is 16.5 Å². The maximum Gasteiger partial charge on any atom is 0.419 e. The Kier molecular flexibility index (Phi) is 3.83. The second-order valence-corrected chi connectivity index (χ2v) is 8.48. The number of nitrogens with zero attached hydrogens (tertiary/aromatic N) is 1. The Morgan fingerprint density at radius 3 is 2.75 bits per heavy atom. The van der Waals surface area contributed by atoms with Gasteiger partial charge < -0.3 is 4.42 Å². The summed E-state index contributed by atoms with van der Waals surface area (Å²) in [5.74, 6) is -0.372. The van der Waals surface area contributed by atoms with Gasteiger partial charge in [0, 0.05) is 12.6 Å². The second kappa shape index (κ2) is 5.33. The number of benzene rings is 1. The second-order valence-electron chi connectivity index (χ2n) is 4.30. The molecule has 0 aliphatic carbocycles. The molecule has 20 heavy (non-hydrogen) atoms. The summed E-state index contributed by atoms with van der Waals surface area (Å²) < 4.78 is 8.66. The Balaban J connectivity index is 2.10. The summed E-state index contributed by atoms with van der Waals surface area (Å²) in [5.41, 5.74) is 3.18. The van der Waals surface area contributed by atoms with Crippen molar-refractivity contribution >= 4 is 65.9 Å². The van der Waals surface area contributed by atoms with E-state index in [1.165, 1.54) is 4.57 Å². The highest BCUT2D eigenvalue weighted by atomic mass is 79.9. The average Bonchev–Trinajstić information content (AvgIpc) is 2.89. The zero-order valence-electron chi connectivity index (χ0n) is 10.2. The average molecular weight is 438 g/mol. The number of fused-ring (bicyclic) bond motifs is 1. The van der Waals surface area contributed by atoms with Crippen molar-refractivity contribution in [2.75, 3.05) is 0 Å². The van der Waals surface area contributed by atoms with E-state index in [1.54, 1.807) is 18.4 Å². The van der Waals surface area contributed by atoms with Crippen LogP contribution in [0.2, 0.25) is 0 Å². The summed E-state index contributed by atoms with van der Waals surface area (Å²) >= 11 is 15.1. The van der Waals surface area contributed by atoms with Crippen LogP contribution >= 0.6 is 54.8 Å². The van der Waals surface area contributed by atoms with Gasteiger partial charge in [0.05, 0.1) is 18.5 Å². The molecule has 1 unspecified atom stereocenters. The van der Waals surface area contributed by atoms with Crippen LogP contribution in [0.3, 0.4) is 0 Å². The molecule has 1 aromatic carbocycles. The van der Waals surface area contributed by atoms with Crippen molar-refractivity contribution in [2.24, 2.45) is 7.05 Å². The van der Waals surface area contributed by atoms with Gasteiger partial charge in [-0.25, -0.2) is 4.79 Å².